The van der Waals surface area contributed by atoms with Gasteiger partial charge in [-0.1, -0.05) is 109 Å². The number of hydrogen-bond donors (Lipinski definition) is 2. The third kappa shape index (κ3) is 8.04. The molecule has 0 heterocycles. The molecule has 5 aromatic rings. The number of carbonyl (C=O) groups excluding carboxylic acids is 2. The number of carbonyl (C=O) groups is 2. The molecule has 0 atom stereocenters. The summed E-state index contributed by atoms with van der Waals surface area (Å²) in [7, 11) is 0. The van der Waals surface area contributed by atoms with Gasteiger partial charge in [-0.05, 0) is 63.4 Å². The summed E-state index contributed by atoms with van der Waals surface area (Å²) < 4.78 is 6.02. The summed E-state index contributed by atoms with van der Waals surface area (Å²) in [4.78, 5) is 25.6. The fourth-order valence-corrected chi connectivity index (χ4v) is 4.31. The summed E-state index contributed by atoms with van der Waals surface area (Å²) in [5.41, 5.74) is 3.59. The molecule has 0 saturated carbocycles. The maximum Gasteiger partial charge on any atom is 0.245 e. The van der Waals surface area contributed by atoms with Gasteiger partial charge in [-0.15, -0.1) is 0 Å². The van der Waals surface area contributed by atoms with Crippen molar-refractivity contribution in [3.8, 4) is 5.75 Å². The summed E-state index contributed by atoms with van der Waals surface area (Å²) in [6, 6.07) is 40.9. The Morgan fingerprint density at radius 1 is 0.610 bits per heavy atom. The zero-order valence-electron chi connectivity index (χ0n) is 22.4. The monoisotopic (exact) mass is 538 g/mol. The number of benzene rings is 5. The molecule has 0 unspecified atom stereocenters. The van der Waals surface area contributed by atoms with Crippen LogP contribution in [0.25, 0.3) is 22.9 Å². The molecule has 0 radical (unpaired) electrons. The molecule has 2 N–H and O–H groups in total. The Morgan fingerprint density at radius 2 is 1.15 bits per heavy atom. The SMILES string of the molecule is O=C(/C=C\c1ccccc1)NC(NC(=O)/C=C\c1ccccc1)c1ccc(OCc2ccc3ccccc3c2)cc1. The first kappa shape index (κ1) is 27.2. The lowest BCUT2D eigenvalue weighted by atomic mass is 10.1. The van der Waals surface area contributed by atoms with Gasteiger partial charge in [0, 0.05) is 12.2 Å². The van der Waals surface area contributed by atoms with Crippen molar-refractivity contribution in [1.82, 2.24) is 10.6 Å². The van der Waals surface area contributed by atoms with E-state index in [1.54, 1.807) is 12.2 Å². The van der Waals surface area contributed by atoms with E-state index in [-0.39, 0.29) is 11.8 Å². The summed E-state index contributed by atoms with van der Waals surface area (Å²) in [6.45, 7) is 0.426. The molecule has 0 aliphatic carbocycles. The minimum absolute atomic E-state index is 0.331. The Hall–Kier alpha value is -5.42. The zero-order chi connectivity index (χ0) is 28.3. The highest BCUT2D eigenvalue weighted by molar-refractivity contribution is 5.94. The van der Waals surface area contributed by atoms with E-state index >= 15 is 0 Å². The number of hydrogen-bond acceptors (Lipinski definition) is 3. The average Bonchev–Trinajstić information content (AvgIpc) is 3.02. The molecule has 202 valence electrons. The van der Waals surface area contributed by atoms with Crippen LogP contribution in [0.1, 0.15) is 28.4 Å². The first-order chi connectivity index (χ1) is 20.1. The summed E-state index contributed by atoms with van der Waals surface area (Å²) >= 11 is 0. The Bertz CT molecular complexity index is 1600. The first-order valence-electron chi connectivity index (χ1n) is 13.4. The van der Waals surface area contributed by atoms with Gasteiger partial charge in [-0.25, -0.2) is 0 Å². The number of rotatable bonds is 10. The second kappa shape index (κ2) is 13.6. The molecule has 5 nitrogen and oxygen atoms in total. The van der Waals surface area contributed by atoms with E-state index < -0.39 is 6.17 Å². The van der Waals surface area contributed by atoms with Crippen molar-refractivity contribution in [2.45, 2.75) is 12.8 Å². The van der Waals surface area contributed by atoms with E-state index in [9.17, 15) is 9.59 Å². The van der Waals surface area contributed by atoms with Crippen molar-refractivity contribution in [2.24, 2.45) is 0 Å². The molecule has 41 heavy (non-hydrogen) atoms. The van der Waals surface area contributed by atoms with Crippen LogP contribution in [0, 0.1) is 0 Å². The van der Waals surface area contributed by atoms with Gasteiger partial charge >= 0.3 is 0 Å². The molecule has 0 aliphatic rings. The third-order valence-electron chi connectivity index (χ3n) is 6.46. The molecule has 5 aromatic carbocycles. The molecule has 5 rings (SSSR count). The van der Waals surface area contributed by atoms with Crippen LogP contribution in [-0.2, 0) is 16.2 Å². The quantitative estimate of drug-likeness (QED) is 0.148. The Labute approximate surface area is 239 Å². The highest BCUT2D eigenvalue weighted by Gasteiger charge is 2.15. The maximum atomic E-state index is 12.8. The van der Waals surface area contributed by atoms with Gasteiger partial charge in [-0.2, -0.15) is 0 Å². The van der Waals surface area contributed by atoms with Crippen LogP contribution in [-0.4, -0.2) is 11.8 Å². The molecule has 0 fully saturated rings. The second-order valence-corrected chi connectivity index (χ2v) is 9.48. The van der Waals surface area contributed by atoms with Gasteiger partial charge in [-0.3, -0.25) is 9.59 Å². The molecule has 0 aromatic heterocycles. The van der Waals surface area contributed by atoms with E-state index in [1.807, 2.05) is 97.1 Å². The van der Waals surface area contributed by atoms with E-state index in [4.69, 9.17) is 4.74 Å². The molecule has 0 saturated heterocycles. The van der Waals surface area contributed by atoms with E-state index in [1.165, 1.54) is 22.9 Å². The largest absolute Gasteiger partial charge is 0.489 e. The van der Waals surface area contributed by atoms with Crippen LogP contribution in [0.5, 0.6) is 5.75 Å². The highest BCUT2D eigenvalue weighted by Crippen LogP contribution is 2.20. The lowest BCUT2D eigenvalue weighted by Crippen LogP contribution is -2.39. The van der Waals surface area contributed by atoms with Crippen LogP contribution in [0.15, 0.2) is 140 Å². The normalized spacial score (nSPS) is 11.2. The summed E-state index contributed by atoms with van der Waals surface area (Å²) in [5, 5.41) is 8.14. The Balaban J connectivity index is 1.27. The molecule has 0 spiro atoms. The lowest BCUT2D eigenvalue weighted by Gasteiger charge is -2.20. The summed E-state index contributed by atoms with van der Waals surface area (Å²) in [5.74, 6) is 0.0249. The summed E-state index contributed by atoms with van der Waals surface area (Å²) in [6.07, 6.45) is 5.62. The second-order valence-electron chi connectivity index (χ2n) is 9.48. The van der Waals surface area contributed by atoms with Crippen LogP contribution < -0.4 is 15.4 Å². The van der Waals surface area contributed by atoms with Gasteiger partial charge in [0.2, 0.25) is 11.8 Å². The third-order valence-corrected chi connectivity index (χ3v) is 6.46. The zero-order valence-corrected chi connectivity index (χ0v) is 22.4. The minimum Gasteiger partial charge on any atom is -0.489 e. The van der Waals surface area contributed by atoms with Crippen molar-refractivity contribution >= 4 is 34.7 Å². The van der Waals surface area contributed by atoms with Crippen LogP contribution >= 0.6 is 0 Å². The van der Waals surface area contributed by atoms with Gasteiger partial charge in [0.1, 0.15) is 18.5 Å². The minimum atomic E-state index is -0.745. The Morgan fingerprint density at radius 3 is 1.73 bits per heavy atom. The standard InChI is InChI=1S/C36H30N2O3/c39-34(23-16-27-9-3-1-4-10-27)37-36(38-35(40)24-17-28-11-5-2-6-12-28)31-19-21-33(22-20-31)41-26-29-15-18-30-13-7-8-14-32(30)25-29/h1-25,36H,26H2,(H,37,39)(H,38,40)/b23-16-,24-17-. The maximum absolute atomic E-state index is 12.8. The number of fused-ring (bicyclic) bond motifs is 1. The highest BCUT2D eigenvalue weighted by atomic mass is 16.5. The molecular formula is C36H30N2O3. The molecule has 0 bridgehead atoms. The average molecular weight is 539 g/mol. The van der Waals surface area contributed by atoms with Crippen molar-refractivity contribution in [2.75, 3.05) is 0 Å². The van der Waals surface area contributed by atoms with Crippen LogP contribution in [0.3, 0.4) is 0 Å². The number of nitrogens with one attached hydrogen (secondary N) is 2. The molecule has 2 amide bonds. The van der Waals surface area contributed by atoms with Crippen molar-refractivity contribution in [3.63, 3.8) is 0 Å². The van der Waals surface area contributed by atoms with Gasteiger partial charge in [0.15, 0.2) is 0 Å². The molecule has 5 heteroatoms. The number of ether oxygens (including phenoxy) is 1. The molecule has 0 aliphatic heterocycles. The predicted molar refractivity (Wildman–Crippen MR) is 165 cm³/mol. The van der Waals surface area contributed by atoms with Crippen LogP contribution in [0.2, 0.25) is 0 Å². The number of amides is 2. The smallest absolute Gasteiger partial charge is 0.245 e. The van der Waals surface area contributed by atoms with Crippen molar-refractivity contribution in [1.29, 1.82) is 0 Å². The van der Waals surface area contributed by atoms with Gasteiger partial charge in [0.25, 0.3) is 0 Å². The Kier molecular flexibility index (Phi) is 9.00. The lowest BCUT2D eigenvalue weighted by molar-refractivity contribution is -0.119. The predicted octanol–water partition coefficient (Wildman–Crippen LogP) is 7.08. The van der Waals surface area contributed by atoms with Gasteiger partial charge in [0.05, 0.1) is 0 Å². The van der Waals surface area contributed by atoms with E-state index in [2.05, 4.69) is 41.0 Å². The van der Waals surface area contributed by atoms with Crippen molar-refractivity contribution in [3.05, 3.63) is 162 Å². The van der Waals surface area contributed by atoms with Crippen molar-refractivity contribution < 1.29 is 14.3 Å². The fourth-order valence-electron chi connectivity index (χ4n) is 4.31. The first-order valence-corrected chi connectivity index (χ1v) is 13.4. The topological polar surface area (TPSA) is 67.4 Å². The van der Waals surface area contributed by atoms with E-state index in [0.717, 1.165) is 16.7 Å². The van der Waals surface area contributed by atoms with E-state index in [0.29, 0.717) is 17.9 Å². The molecular weight excluding hydrogens is 508 g/mol. The van der Waals surface area contributed by atoms with Gasteiger partial charge < -0.3 is 15.4 Å². The van der Waals surface area contributed by atoms with Crippen LogP contribution in [0.4, 0.5) is 0 Å². The fraction of sp³-hybridized carbons (Fsp3) is 0.0556.